The Morgan fingerprint density at radius 3 is 2.63 bits per heavy atom. The maximum absolute atomic E-state index is 13.3. The number of hydrogen-bond donors (Lipinski definition) is 2. The molecule has 6 nitrogen and oxygen atoms in total. The van der Waals surface area contributed by atoms with Crippen molar-refractivity contribution in [2.45, 2.75) is 30.5 Å². The van der Waals surface area contributed by atoms with Crippen molar-refractivity contribution in [2.24, 2.45) is 5.84 Å². The number of pyridine rings is 1. The summed E-state index contributed by atoms with van der Waals surface area (Å²) in [4.78, 5) is 14.8. The summed E-state index contributed by atoms with van der Waals surface area (Å²) in [6.45, 7) is 0. The first-order valence-electron chi connectivity index (χ1n) is 8.00. The fourth-order valence-electron chi connectivity index (χ4n) is 3.31. The fraction of sp³-hybridized carbons (Fsp3) is 0.278. The first kappa shape index (κ1) is 18.7. The maximum Gasteiger partial charge on any atom is 0.423 e. The van der Waals surface area contributed by atoms with Gasteiger partial charge in [-0.05, 0) is 11.6 Å². The third-order valence-electron chi connectivity index (χ3n) is 4.60. The highest BCUT2D eigenvalue weighted by Crippen LogP contribution is 2.48. The molecule has 1 saturated carbocycles. The van der Waals surface area contributed by atoms with E-state index in [1.807, 2.05) is 5.43 Å². The molecule has 0 unspecified atom stereocenters. The zero-order chi connectivity index (χ0) is 19.7. The van der Waals surface area contributed by atoms with Crippen LogP contribution in [0.1, 0.15) is 34.3 Å². The molecule has 0 spiro atoms. The molecule has 1 heterocycles. The molecule has 0 amide bonds. The molecule has 1 fully saturated rings. The first-order valence-corrected chi connectivity index (χ1v) is 8.00. The van der Waals surface area contributed by atoms with Gasteiger partial charge in [0.25, 0.3) is 0 Å². The van der Waals surface area contributed by atoms with Gasteiger partial charge in [-0.15, -0.1) is 0 Å². The van der Waals surface area contributed by atoms with Crippen molar-refractivity contribution in [3.05, 3.63) is 53.2 Å². The molecule has 1 aliphatic carbocycles. The molecule has 1 aliphatic rings. The minimum Gasteiger partial charge on any atom is -0.489 e. The van der Waals surface area contributed by atoms with E-state index < -0.39 is 34.8 Å². The molecule has 1 aromatic heterocycles. The monoisotopic (exact) mass is 376 g/mol. The second-order valence-corrected chi connectivity index (χ2v) is 6.22. The largest absolute Gasteiger partial charge is 0.489 e. The van der Waals surface area contributed by atoms with Crippen LogP contribution in [-0.4, -0.2) is 17.4 Å². The topological polar surface area (TPSA) is 101 Å². The number of benzene rings is 1. The minimum atomic E-state index is -4.72. The number of hydrogen-bond acceptors (Lipinski definition) is 6. The van der Waals surface area contributed by atoms with Crippen molar-refractivity contribution in [1.82, 2.24) is 4.98 Å². The molecule has 2 aromatic rings. The summed E-state index contributed by atoms with van der Waals surface area (Å²) in [6, 6.07) is 9.95. The second kappa shape index (κ2) is 6.89. The van der Waals surface area contributed by atoms with Crippen molar-refractivity contribution in [3.63, 3.8) is 0 Å². The summed E-state index contributed by atoms with van der Waals surface area (Å²) in [5, 5.41) is 9.62. The van der Waals surface area contributed by atoms with Crippen LogP contribution in [0.25, 0.3) is 0 Å². The molecule has 0 aliphatic heterocycles. The number of carbonyl (C=O) groups excluding carboxylic acids is 1. The summed E-state index contributed by atoms with van der Waals surface area (Å²) in [5.41, 5.74) is 0.781. The standard InChI is InChI=1S/C18H15F3N4O2/c19-18(20,21)15-14(5-6-24-16(15)25-23)27-12-7-17(8-12,10-22)13-4-2-1-3-11(13)9-26/h1-6,9,12H,7-8,23H2,(H,24,25)/t12-,17-. The van der Waals surface area contributed by atoms with E-state index in [0.29, 0.717) is 17.4 Å². The third-order valence-corrected chi connectivity index (χ3v) is 4.60. The van der Waals surface area contributed by atoms with Gasteiger partial charge in [-0.25, -0.2) is 10.8 Å². The number of ether oxygens (including phenoxy) is 1. The van der Waals surface area contributed by atoms with Crippen molar-refractivity contribution in [1.29, 1.82) is 5.26 Å². The van der Waals surface area contributed by atoms with Crippen molar-refractivity contribution < 1.29 is 22.7 Å². The number of anilines is 1. The Kier molecular flexibility index (Phi) is 4.76. The van der Waals surface area contributed by atoms with Crippen LogP contribution in [0.15, 0.2) is 36.5 Å². The van der Waals surface area contributed by atoms with Gasteiger partial charge in [-0.1, -0.05) is 24.3 Å². The van der Waals surface area contributed by atoms with Crippen LogP contribution in [0.3, 0.4) is 0 Å². The predicted molar refractivity (Wildman–Crippen MR) is 89.8 cm³/mol. The molecular weight excluding hydrogens is 361 g/mol. The van der Waals surface area contributed by atoms with E-state index >= 15 is 0 Å². The number of rotatable bonds is 5. The van der Waals surface area contributed by atoms with E-state index in [-0.39, 0.29) is 12.8 Å². The maximum atomic E-state index is 13.3. The predicted octanol–water partition coefficient (Wildman–Crippen LogP) is 3.20. The number of hydrazine groups is 1. The molecule has 3 rings (SSSR count). The Morgan fingerprint density at radius 2 is 2.04 bits per heavy atom. The molecule has 3 N–H and O–H groups in total. The highest BCUT2D eigenvalue weighted by atomic mass is 19.4. The normalized spacial score (nSPS) is 21.7. The van der Waals surface area contributed by atoms with Crippen LogP contribution in [-0.2, 0) is 11.6 Å². The van der Waals surface area contributed by atoms with Gasteiger partial charge in [0.05, 0.1) is 11.5 Å². The Hall–Kier alpha value is -3.12. The first-order chi connectivity index (χ1) is 12.8. The van der Waals surface area contributed by atoms with Crippen LogP contribution < -0.4 is 16.0 Å². The van der Waals surface area contributed by atoms with Crippen molar-refractivity contribution >= 4 is 12.1 Å². The van der Waals surface area contributed by atoms with Gasteiger partial charge in [0.15, 0.2) is 5.82 Å². The number of nitrogen functional groups attached to an aromatic ring is 1. The Bertz CT molecular complexity index is 902. The summed E-state index contributed by atoms with van der Waals surface area (Å²) < 4.78 is 45.5. The molecule has 0 radical (unpaired) electrons. The van der Waals surface area contributed by atoms with E-state index in [2.05, 4.69) is 11.1 Å². The molecule has 0 saturated heterocycles. The zero-order valence-electron chi connectivity index (χ0n) is 14.0. The van der Waals surface area contributed by atoms with Crippen molar-refractivity contribution in [3.8, 4) is 11.8 Å². The fourth-order valence-corrected chi connectivity index (χ4v) is 3.31. The van der Waals surface area contributed by atoms with E-state index in [4.69, 9.17) is 10.6 Å². The summed E-state index contributed by atoms with van der Waals surface area (Å²) >= 11 is 0. The number of nitrogens with one attached hydrogen (secondary N) is 1. The summed E-state index contributed by atoms with van der Waals surface area (Å²) in [7, 11) is 0. The Morgan fingerprint density at radius 1 is 1.33 bits per heavy atom. The second-order valence-electron chi connectivity index (χ2n) is 6.22. The molecular formula is C18H15F3N4O2. The smallest absolute Gasteiger partial charge is 0.423 e. The van der Waals surface area contributed by atoms with Gasteiger partial charge in [-0.2, -0.15) is 18.4 Å². The quantitative estimate of drug-likeness (QED) is 0.472. The van der Waals surface area contributed by atoms with Gasteiger partial charge < -0.3 is 10.2 Å². The van der Waals surface area contributed by atoms with Crippen LogP contribution in [0.4, 0.5) is 19.0 Å². The molecule has 9 heteroatoms. The van der Waals surface area contributed by atoms with E-state index in [9.17, 15) is 23.2 Å². The number of carbonyl (C=O) groups is 1. The summed E-state index contributed by atoms with van der Waals surface area (Å²) in [6.07, 6.45) is -3.19. The van der Waals surface area contributed by atoms with Gasteiger partial charge >= 0.3 is 6.18 Å². The van der Waals surface area contributed by atoms with Crippen molar-refractivity contribution in [2.75, 3.05) is 5.43 Å². The SMILES string of the molecule is N#C[C@]1(c2ccccc2C=O)C[C@H](Oc2ccnc(NN)c2C(F)(F)F)C1. The zero-order valence-corrected chi connectivity index (χ0v) is 14.0. The number of nitrogens with zero attached hydrogens (tertiary/aromatic N) is 2. The van der Waals surface area contributed by atoms with E-state index in [0.717, 1.165) is 12.3 Å². The van der Waals surface area contributed by atoms with Crippen LogP contribution in [0, 0.1) is 11.3 Å². The minimum absolute atomic E-state index is 0.166. The number of nitrogens with two attached hydrogens (primary N) is 1. The lowest BCUT2D eigenvalue weighted by Crippen LogP contribution is -2.47. The molecule has 0 bridgehead atoms. The van der Waals surface area contributed by atoms with Gasteiger partial charge in [0.2, 0.25) is 0 Å². The number of halogens is 3. The van der Waals surface area contributed by atoms with Gasteiger partial charge in [0, 0.05) is 24.6 Å². The Balaban J connectivity index is 1.85. The average Bonchev–Trinajstić information content (AvgIpc) is 2.63. The lowest BCUT2D eigenvalue weighted by atomic mass is 9.62. The van der Waals surface area contributed by atoms with Crippen LogP contribution in [0.2, 0.25) is 0 Å². The van der Waals surface area contributed by atoms with Gasteiger partial charge in [0.1, 0.15) is 23.7 Å². The highest BCUT2D eigenvalue weighted by molar-refractivity contribution is 5.78. The molecule has 0 atom stereocenters. The third kappa shape index (κ3) is 3.31. The lowest BCUT2D eigenvalue weighted by Gasteiger charge is -2.43. The summed E-state index contributed by atoms with van der Waals surface area (Å²) in [5.74, 6) is 4.17. The lowest BCUT2D eigenvalue weighted by molar-refractivity contribution is -0.139. The number of nitriles is 1. The van der Waals surface area contributed by atoms with Crippen LogP contribution in [0.5, 0.6) is 5.75 Å². The highest BCUT2D eigenvalue weighted by Gasteiger charge is 2.49. The Labute approximate surface area is 152 Å². The van der Waals surface area contributed by atoms with E-state index in [1.54, 1.807) is 24.3 Å². The number of aldehydes is 1. The molecule has 27 heavy (non-hydrogen) atoms. The number of alkyl halides is 3. The number of aromatic nitrogens is 1. The average molecular weight is 376 g/mol. The van der Waals surface area contributed by atoms with Gasteiger partial charge in [-0.3, -0.25) is 4.79 Å². The van der Waals surface area contributed by atoms with Crippen LogP contribution >= 0.6 is 0 Å². The molecule has 1 aromatic carbocycles. The van der Waals surface area contributed by atoms with E-state index in [1.165, 1.54) is 0 Å². The molecule has 140 valence electrons.